The highest BCUT2D eigenvalue weighted by molar-refractivity contribution is 5.89. The van der Waals surface area contributed by atoms with Crippen molar-refractivity contribution in [3.63, 3.8) is 0 Å². The van der Waals surface area contributed by atoms with Crippen LogP contribution in [-0.4, -0.2) is 37.5 Å². The van der Waals surface area contributed by atoms with Crippen LogP contribution in [0.3, 0.4) is 0 Å². The number of carbonyl (C=O) groups excluding carboxylic acids is 1. The van der Waals surface area contributed by atoms with Gasteiger partial charge < -0.3 is 4.90 Å². The number of rotatable bonds is 3. The van der Waals surface area contributed by atoms with Gasteiger partial charge in [-0.15, -0.1) is 10.2 Å². The molecule has 1 aliphatic rings. The molecule has 2 amide bonds. The van der Waals surface area contributed by atoms with E-state index in [1.54, 1.807) is 16.9 Å². The van der Waals surface area contributed by atoms with E-state index in [4.69, 9.17) is 0 Å². The van der Waals surface area contributed by atoms with E-state index in [0.29, 0.717) is 11.7 Å². The number of benzene rings is 1. The Morgan fingerprint density at radius 2 is 1.96 bits per heavy atom. The van der Waals surface area contributed by atoms with Crippen molar-refractivity contribution in [3.8, 4) is 11.3 Å². The highest BCUT2D eigenvalue weighted by Gasteiger charge is 2.40. The highest BCUT2D eigenvalue weighted by atomic mass is 16.2. The molecule has 0 unspecified atom stereocenters. The lowest BCUT2D eigenvalue weighted by Gasteiger charge is -2.46. The average molecular weight is 348 g/mol. The molecule has 0 spiro atoms. The summed E-state index contributed by atoms with van der Waals surface area (Å²) >= 11 is 0. The molecule has 1 N–H and O–H groups in total. The predicted molar refractivity (Wildman–Crippen MR) is 98.3 cm³/mol. The number of likely N-dealkylation sites (tertiary alicyclic amines) is 1. The molecule has 1 fully saturated rings. The minimum atomic E-state index is -0.152. The van der Waals surface area contributed by atoms with Crippen molar-refractivity contribution < 1.29 is 4.79 Å². The summed E-state index contributed by atoms with van der Waals surface area (Å²) in [7, 11) is 1.85. The molecule has 0 bridgehead atoms. The van der Waals surface area contributed by atoms with Gasteiger partial charge in [-0.1, -0.05) is 37.3 Å². The van der Waals surface area contributed by atoms with Gasteiger partial charge in [0.25, 0.3) is 0 Å². The topological polar surface area (TPSA) is 75.9 Å². The zero-order valence-corrected chi connectivity index (χ0v) is 14.7. The van der Waals surface area contributed by atoms with Crippen molar-refractivity contribution in [2.45, 2.75) is 13.0 Å². The van der Waals surface area contributed by atoms with Crippen LogP contribution in [0.25, 0.3) is 11.3 Å². The van der Waals surface area contributed by atoms with E-state index in [2.05, 4.69) is 39.7 Å². The first-order chi connectivity index (χ1) is 12.6. The van der Waals surface area contributed by atoms with Crippen molar-refractivity contribution in [2.24, 2.45) is 13.0 Å². The summed E-state index contributed by atoms with van der Waals surface area (Å²) in [6.07, 6.45) is 3.60. The number of hydrogen-bond donors (Lipinski definition) is 1. The number of urea groups is 1. The number of nitrogens with one attached hydrogen (secondary N) is 1. The van der Waals surface area contributed by atoms with Crippen molar-refractivity contribution in [3.05, 3.63) is 60.4 Å². The third kappa shape index (κ3) is 3.03. The molecule has 132 valence electrons. The Bertz CT molecular complexity index is 905. The molecule has 3 heterocycles. The van der Waals surface area contributed by atoms with E-state index in [-0.39, 0.29) is 12.1 Å². The molecule has 3 aromatic rings. The zero-order valence-electron chi connectivity index (χ0n) is 14.7. The van der Waals surface area contributed by atoms with E-state index in [9.17, 15) is 4.79 Å². The van der Waals surface area contributed by atoms with Gasteiger partial charge in [0.1, 0.15) is 0 Å². The van der Waals surface area contributed by atoms with Crippen molar-refractivity contribution in [1.29, 1.82) is 0 Å². The number of aryl methyl sites for hydroxylation is 1. The Hall–Kier alpha value is -3.22. The monoisotopic (exact) mass is 348 g/mol. The van der Waals surface area contributed by atoms with Gasteiger partial charge in [0.05, 0.1) is 17.9 Å². The number of anilines is 1. The van der Waals surface area contributed by atoms with Gasteiger partial charge in [0, 0.05) is 25.4 Å². The van der Waals surface area contributed by atoms with Gasteiger partial charge in [-0.2, -0.15) is 5.10 Å². The largest absolute Gasteiger partial charge is 0.323 e. The number of aromatic nitrogens is 4. The quantitative estimate of drug-likeness (QED) is 0.789. The third-order valence-corrected chi connectivity index (χ3v) is 4.66. The maximum Gasteiger partial charge on any atom is 0.323 e. The summed E-state index contributed by atoms with van der Waals surface area (Å²) in [6.45, 7) is 2.89. The van der Waals surface area contributed by atoms with Crippen LogP contribution in [0.2, 0.25) is 0 Å². The van der Waals surface area contributed by atoms with E-state index in [1.165, 1.54) is 0 Å². The molecule has 1 aliphatic heterocycles. The molecule has 4 rings (SSSR count). The molecule has 7 heteroatoms. The molecule has 2 aromatic heterocycles. The second-order valence-electron chi connectivity index (χ2n) is 6.62. The molecule has 0 aliphatic carbocycles. The Labute approximate surface area is 151 Å². The fourth-order valence-electron chi connectivity index (χ4n) is 3.35. The molecule has 0 saturated carbocycles. The Balaban J connectivity index is 1.45. The lowest BCUT2D eigenvalue weighted by molar-refractivity contribution is 0.0670. The Kier molecular flexibility index (Phi) is 4.12. The summed E-state index contributed by atoms with van der Waals surface area (Å²) in [4.78, 5) is 14.4. The molecular formula is C19H20N6O. The summed E-state index contributed by atoms with van der Waals surface area (Å²) in [6, 6.07) is 13.6. The fraction of sp³-hybridized carbons (Fsp3) is 0.263. The van der Waals surface area contributed by atoms with Gasteiger partial charge in [-0.05, 0) is 23.6 Å². The third-order valence-electron chi connectivity index (χ3n) is 4.66. The van der Waals surface area contributed by atoms with Crippen molar-refractivity contribution >= 4 is 11.8 Å². The van der Waals surface area contributed by atoms with E-state index in [0.717, 1.165) is 23.4 Å². The maximum absolute atomic E-state index is 12.6. The van der Waals surface area contributed by atoms with Crippen LogP contribution in [0.15, 0.2) is 54.9 Å². The normalized spacial score (nSPS) is 19.1. The average Bonchev–Trinajstić information content (AvgIpc) is 3.07. The summed E-state index contributed by atoms with van der Waals surface area (Å²) in [5, 5.41) is 15.3. The van der Waals surface area contributed by atoms with Gasteiger partial charge in [-0.25, -0.2) is 4.79 Å². The van der Waals surface area contributed by atoms with Crippen LogP contribution in [0.1, 0.15) is 18.5 Å². The summed E-state index contributed by atoms with van der Waals surface area (Å²) in [5.41, 5.74) is 2.76. The number of carbonyl (C=O) groups is 1. The van der Waals surface area contributed by atoms with E-state index >= 15 is 0 Å². The first kappa shape index (κ1) is 16.3. The fourth-order valence-corrected chi connectivity index (χ4v) is 3.35. The molecule has 1 aromatic carbocycles. The smallest absolute Gasteiger partial charge is 0.317 e. The van der Waals surface area contributed by atoms with Crippen LogP contribution in [0, 0.1) is 5.92 Å². The van der Waals surface area contributed by atoms with Crippen molar-refractivity contribution in [2.75, 3.05) is 11.9 Å². The number of amides is 2. The number of nitrogens with zero attached hydrogens (tertiary/aromatic N) is 5. The first-order valence-electron chi connectivity index (χ1n) is 8.57. The zero-order chi connectivity index (χ0) is 18.1. The van der Waals surface area contributed by atoms with Crippen LogP contribution in [-0.2, 0) is 7.05 Å². The first-order valence-corrected chi connectivity index (χ1v) is 8.57. The molecule has 1 saturated heterocycles. The maximum atomic E-state index is 12.6. The molecular weight excluding hydrogens is 328 g/mol. The van der Waals surface area contributed by atoms with Gasteiger partial charge in [0.2, 0.25) is 0 Å². The summed E-state index contributed by atoms with van der Waals surface area (Å²) in [5.74, 6) is 0.871. The van der Waals surface area contributed by atoms with Crippen molar-refractivity contribution in [1.82, 2.24) is 24.9 Å². The molecule has 2 atom stereocenters. The SMILES string of the molecule is C[C@@H]1CN(C(=O)Nc2ccc(-c3cnn(C)c3)nn2)[C@@H]1c1ccccc1. The van der Waals surface area contributed by atoms with Gasteiger partial charge in [0.15, 0.2) is 5.82 Å². The van der Waals surface area contributed by atoms with Crippen LogP contribution < -0.4 is 5.32 Å². The summed E-state index contributed by atoms with van der Waals surface area (Å²) < 4.78 is 1.71. The minimum Gasteiger partial charge on any atom is -0.317 e. The number of hydrogen-bond acceptors (Lipinski definition) is 4. The second kappa shape index (κ2) is 6.59. The molecule has 7 nitrogen and oxygen atoms in total. The van der Waals surface area contributed by atoms with E-state index < -0.39 is 0 Å². The minimum absolute atomic E-state index is 0.0961. The second-order valence-corrected chi connectivity index (χ2v) is 6.62. The van der Waals surface area contributed by atoms with Crippen LogP contribution in [0.5, 0.6) is 0 Å². The van der Waals surface area contributed by atoms with Crippen LogP contribution >= 0.6 is 0 Å². The van der Waals surface area contributed by atoms with E-state index in [1.807, 2.05) is 42.4 Å². The molecule has 0 radical (unpaired) electrons. The predicted octanol–water partition coefficient (Wildman–Crippen LogP) is 3.10. The Morgan fingerprint density at radius 3 is 2.58 bits per heavy atom. The highest BCUT2D eigenvalue weighted by Crippen LogP contribution is 2.38. The molecule has 26 heavy (non-hydrogen) atoms. The lowest BCUT2D eigenvalue weighted by atomic mass is 9.85. The standard InChI is InChI=1S/C19H20N6O/c1-13-11-25(18(13)14-6-4-3-5-7-14)19(26)21-17-9-8-16(22-23-17)15-10-20-24(2)12-15/h3-10,12-13,18H,11H2,1-2H3,(H,21,23,26)/t13-,18+/m1/s1. The van der Waals surface area contributed by atoms with Gasteiger partial charge in [-0.3, -0.25) is 10.00 Å². The van der Waals surface area contributed by atoms with Gasteiger partial charge >= 0.3 is 6.03 Å². The lowest BCUT2D eigenvalue weighted by Crippen LogP contribution is -2.53. The Morgan fingerprint density at radius 1 is 1.15 bits per heavy atom. The van der Waals surface area contributed by atoms with Crippen LogP contribution in [0.4, 0.5) is 10.6 Å².